The maximum atomic E-state index is 14.1. The number of pyridine rings is 1. The third-order valence-corrected chi connectivity index (χ3v) is 8.58. The number of aromatic nitrogens is 3. The Morgan fingerprint density at radius 2 is 1.86 bits per heavy atom. The highest BCUT2D eigenvalue weighted by molar-refractivity contribution is 9.10. The second-order valence-corrected chi connectivity index (χ2v) is 17.5. The molecule has 0 saturated carbocycles. The molecule has 2 atom stereocenters. The molecule has 0 spiro atoms. The van der Waals surface area contributed by atoms with Crippen LogP contribution >= 0.6 is 15.9 Å². The molecule has 2 heterocycles. The summed E-state index contributed by atoms with van der Waals surface area (Å²) < 4.78 is 79.7. The Kier molecular flexibility index (Phi) is 11.5. The minimum atomic E-state index is -5.01. The SMILES string of the molecule is COCOC(C[C@H](C)Oc1cnn(COCC[Si](C)(C)C)c(=O)c1C(F)(F)F)Cn1ccc2cc(Br)c(F)cc2c1=O. The van der Waals surface area contributed by atoms with Crippen molar-refractivity contribution in [3.63, 3.8) is 0 Å². The molecule has 3 rings (SSSR count). The van der Waals surface area contributed by atoms with Crippen LogP contribution in [0.3, 0.4) is 0 Å². The summed E-state index contributed by atoms with van der Waals surface area (Å²) in [7, 11) is -0.0371. The highest BCUT2D eigenvalue weighted by atomic mass is 79.9. The zero-order chi connectivity index (χ0) is 31.2. The highest BCUT2D eigenvalue weighted by Gasteiger charge is 2.39. The third-order valence-electron chi connectivity index (χ3n) is 6.27. The lowest BCUT2D eigenvalue weighted by molar-refractivity contribution is -0.141. The van der Waals surface area contributed by atoms with Crippen molar-refractivity contribution in [1.29, 1.82) is 0 Å². The fourth-order valence-electron chi connectivity index (χ4n) is 4.08. The van der Waals surface area contributed by atoms with Crippen molar-refractivity contribution >= 4 is 34.8 Å². The number of ether oxygens (including phenoxy) is 4. The van der Waals surface area contributed by atoms with Crippen LogP contribution in [0.1, 0.15) is 18.9 Å². The summed E-state index contributed by atoms with van der Waals surface area (Å²) in [6.07, 6.45) is -4.29. The molecule has 0 fully saturated rings. The number of alkyl halides is 3. The molecule has 9 nitrogen and oxygen atoms in total. The van der Waals surface area contributed by atoms with Crippen molar-refractivity contribution in [3.05, 3.63) is 67.2 Å². The first-order valence-corrected chi connectivity index (χ1v) is 17.6. The van der Waals surface area contributed by atoms with Gasteiger partial charge >= 0.3 is 6.18 Å². The van der Waals surface area contributed by atoms with Crippen LogP contribution in [0.2, 0.25) is 25.7 Å². The number of benzene rings is 1. The van der Waals surface area contributed by atoms with Gasteiger partial charge in [-0.05, 0) is 52.5 Å². The van der Waals surface area contributed by atoms with Crippen molar-refractivity contribution in [2.75, 3.05) is 20.5 Å². The monoisotopic (exact) mass is 679 g/mol. The largest absolute Gasteiger partial charge is 0.488 e. The van der Waals surface area contributed by atoms with Gasteiger partial charge in [-0.2, -0.15) is 18.3 Å². The Bertz CT molecular complexity index is 1490. The van der Waals surface area contributed by atoms with Crippen molar-refractivity contribution in [2.24, 2.45) is 0 Å². The number of hydrogen-bond acceptors (Lipinski definition) is 7. The molecular weight excluding hydrogens is 646 g/mol. The number of halogens is 5. The average molecular weight is 681 g/mol. The van der Waals surface area contributed by atoms with Gasteiger partial charge in [0, 0.05) is 34.4 Å². The molecule has 2 aromatic heterocycles. The Labute approximate surface area is 249 Å². The van der Waals surface area contributed by atoms with Crippen LogP contribution in [0.4, 0.5) is 17.6 Å². The standard InChI is InChI=1S/C27H34BrF4N3O6Si/c1-17(41-23-13-33-35(15-39-8-9-42(3,4)5)26(37)24(23)27(30,31)32)10-19(40-16-38-2)14-34-7-6-18-11-21(28)22(29)12-20(18)25(34)36/h6-7,11-13,17,19H,8-10,14-16H2,1-5H3/t17-,19?/m0/s1. The molecule has 1 aromatic carbocycles. The summed E-state index contributed by atoms with van der Waals surface area (Å²) in [6.45, 7) is 7.58. The number of fused-ring (bicyclic) bond motifs is 1. The van der Waals surface area contributed by atoms with E-state index in [0.717, 1.165) is 18.3 Å². The molecule has 0 N–H and O–H groups in total. The zero-order valence-electron chi connectivity index (χ0n) is 24.0. The molecule has 3 aromatic rings. The van der Waals surface area contributed by atoms with Gasteiger partial charge in [-0.15, -0.1) is 0 Å². The summed E-state index contributed by atoms with van der Waals surface area (Å²) in [5, 5.41) is 4.50. The molecule has 0 saturated heterocycles. The van der Waals surface area contributed by atoms with E-state index in [2.05, 4.69) is 40.7 Å². The normalized spacial score (nSPS) is 13.9. The predicted molar refractivity (Wildman–Crippen MR) is 155 cm³/mol. The summed E-state index contributed by atoms with van der Waals surface area (Å²) >= 11 is 3.10. The van der Waals surface area contributed by atoms with Crippen molar-refractivity contribution < 1.29 is 36.5 Å². The van der Waals surface area contributed by atoms with E-state index >= 15 is 0 Å². The van der Waals surface area contributed by atoms with Gasteiger partial charge < -0.3 is 23.5 Å². The Morgan fingerprint density at radius 3 is 2.50 bits per heavy atom. The predicted octanol–water partition coefficient (Wildman–Crippen LogP) is 5.64. The van der Waals surface area contributed by atoms with Crippen LogP contribution < -0.4 is 15.9 Å². The maximum absolute atomic E-state index is 14.1. The first-order valence-electron chi connectivity index (χ1n) is 13.1. The van der Waals surface area contributed by atoms with E-state index in [9.17, 15) is 27.2 Å². The van der Waals surface area contributed by atoms with Crippen LogP contribution in [0, 0.1) is 5.82 Å². The van der Waals surface area contributed by atoms with E-state index in [4.69, 9.17) is 18.9 Å². The Hall–Kier alpha value is -2.59. The molecule has 0 aliphatic carbocycles. The minimum absolute atomic E-state index is 0.0166. The van der Waals surface area contributed by atoms with Gasteiger partial charge in [0.05, 0.1) is 34.8 Å². The Morgan fingerprint density at radius 1 is 1.14 bits per heavy atom. The first kappa shape index (κ1) is 33.9. The fourth-order valence-corrected chi connectivity index (χ4v) is 5.20. The lowest BCUT2D eigenvalue weighted by Gasteiger charge is -2.24. The number of hydrogen-bond donors (Lipinski definition) is 0. The van der Waals surface area contributed by atoms with Crippen molar-refractivity contribution in [1.82, 2.24) is 14.3 Å². The first-order chi connectivity index (χ1) is 19.6. The van der Waals surface area contributed by atoms with E-state index in [1.165, 1.54) is 30.9 Å². The number of methoxy groups -OCH3 is 1. The topological polar surface area (TPSA) is 93.8 Å². The molecular formula is C27H34BrF4N3O6Si. The lowest BCUT2D eigenvalue weighted by atomic mass is 10.1. The van der Waals surface area contributed by atoms with Gasteiger partial charge in [0.15, 0.2) is 11.3 Å². The lowest BCUT2D eigenvalue weighted by Crippen LogP contribution is -2.34. The quantitative estimate of drug-likeness (QED) is 0.0943. The molecule has 0 radical (unpaired) electrons. The molecule has 0 amide bonds. The molecule has 15 heteroatoms. The molecule has 0 aliphatic heterocycles. The summed E-state index contributed by atoms with van der Waals surface area (Å²) in [5.41, 5.74) is -3.35. The van der Waals surface area contributed by atoms with E-state index in [0.29, 0.717) is 16.7 Å². The van der Waals surface area contributed by atoms with Crippen LogP contribution in [0.5, 0.6) is 5.75 Å². The van der Waals surface area contributed by atoms with Gasteiger partial charge in [0.25, 0.3) is 11.1 Å². The molecule has 1 unspecified atom stereocenters. The second-order valence-electron chi connectivity index (χ2n) is 11.0. The van der Waals surface area contributed by atoms with Crippen LogP contribution in [-0.2, 0) is 33.7 Å². The van der Waals surface area contributed by atoms with Gasteiger partial charge in [-0.1, -0.05) is 19.6 Å². The van der Waals surface area contributed by atoms with E-state index in [1.54, 1.807) is 6.07 Å². The number of rotatable bonds is 14. The Balaban J connectivity index is 1.79. The fraction of sp³-hybridized carbons (Fsp3) is 0.519. The smallest absolute Gasteiger partial charge is 0.425 e. The third kappa shape index (κ3) is 9.20. The summed E-state index contributed by atoms with van der Waals surface area (Å²) in [5.74, 6) is -1.33. The molecule has 232 valence electrons. The highest BCUT2D eigenvalue weighted by Crippen LogP contribution is 2.34. The molecule has 0 aliphatic rings. The summed E-state index contributed by atoms with van der Waals surface area (Å²) in [6, 6.07) is 5.03. The van der Waals surface area contributed by atoms with E-state index in [-0.39, 0.29) is 29.6 Å². The summed E-state index contributed by atoms with van der Waals surface area (Å²) in [4.78, 5) is 25.8. The van der Waals surface area contributed by atoms with Gasteiger partial charge in [0.1, 0.15) is 19.3 Å². The minimum Gasteiger partial charge on any atom is -0.488 e. The van der Waals surface area contributed by atoms with Crippen LogP contribution in [0.15, 0.2) is 44.7 Å². The average Bonchev–Trinajstić information content (AvgIpc) is 2.87. The second kappa shape index (κ2) is 14.3. The van der Waals surface area contributed by atoms with Crippen molar-refractivity contribution in [3.8, 4) is 5.75 Å². The molecule has 42 heavy (non-hydrogen) atoms. The van der Waals surface area contributed by atoms with Gasteiger partial charge in [0.2, 0.25) is 0 Å². The van der Waals surface area contributed by atoms with Crippen LogP contribution in [-0.4, -0.2) is 55.1 Å². The van der Waals surface area contributed by atoms with Crippen LogP contribution in [0.25, 0.3) is 10.8 Å². The van der Waals surface area contributed by atoms with E-state index < -0.39 is 61.4 Å². The van der Waals surface area contributed by atoms with Gasteiger partial charge in [-0.25, -0.2) is 9.07 Å². The molecule has 0 bridgehead atoms. The maximum Gasteiger partial charge on any atom is 0.425 e. The van der Waals surface area contributed by atoms with E-state index in [1.807, 2.05) is 0 Å². The zero-order valence-corrected chi connectivity index (χ0v) is 26.6. The van der Waals surface area contributed by atoms with Gasteiger partial charge in [-0.3, -0.25) is 9.59 Å². The van der Waals surface area contributed by atoms with Crippen molar-refractivity contribution in [2.45, 2.75) is 70.7 Å². The number of nitrogens with zero attached hydrogens (tertiary/aromatic N) is 3.